The van der Waals surface area contributed by atoms with E-state index in [0.717, 1.165) is 26.1 Å². The third kappa shape index (κ3) is 3.99. The van der Waals surface area contributed by atoms with Gasteiger partial charge in [-0.15, -0.1) is 0 Å². The first-order valence-electron chi connectivity index (χ1n) is 3.22. The van der Waals surface area contributed by atoms with Gasteiger partial charge in [-0.2, -0.15) is 0 Å². The molecule has 0 amide bonds. The number of carbonyl (C=O) groups is 1. The number of thiophene rings is 1. The van der Waals surface area contributed by atoms with Crippen LogP contribution in [0.4, 0.5) is 0 Å². The van der Waals surface area contributed by atoms with Crippen LogP contribution in [0.3, 0.4) is 0 Å². The second-order valence-corrected chi connectivity index (χ2v) is 15.6. The van der Waals surface area contributed by atoms with Crippen molar-refractivity contribution in [2.45, 2.75) is 6.92 Å². The van der Waals surface area contributed by atoms with Gasteiger partial charge in [-0.1, -0.05) is 0 Å². The van der Waals surface area contributed by atoms with Gasteiger partial charge in [0.15, 0.2) is 0 Å². The van der Waals surface area contributed by atoms with E-state index in [9.17, 15) is 4.79 Å². The van der Waals surface area contributed by atoms with Crippen LogP contribution < -0.4 is 4.77 Å². The second kappa shape index (κ2) is 4.92. The molecule has 11 heavy (non-hydrogen) atoms. The molecule has 0 radical (unpaired) electrons. The Bertz CT molecular complexity index is 259. The third-order valence-corrected chi connectivity index (χ3v) is 11.4. The van der Waals surface area contributed by atoms with Crippen molar-refractivity contribution in [1.82, 2.24) is 0 Å². The number of carbonyl (C=O) groups excluding carboxylic acids is 1. The van der Waals surface area contributed by atoms with Gasteiger partial charge in [-0.05, 0) is 0 Å². The summed E-state index contributed by atoms with van der Waals surface area (Å²) in [7, 11) is 0. The molecule has 0 atom stereocenters. The summed E-state index contributed by atoms with van der Waals surface area (Å²) in [6, 6.07) is 4.28. The van der Waals surface area contributed by atoms with Crippen LogP contribution in [0.25, 0.3) is 0 Å². The van der Waals surface area contributed by atoms with Crippen LogP contribution in [0.5, 0.6) is 0 Å². The van der Waals surface area contributed by atoms with Crippen LogP contribution in [0.2, 0.25) is 0 Å². The zero-order valence-electron chi connectivity index (χ0n) is 6.29. The van der Waals surface area contributed by atoms with Gasteiger partial charge in [0.25, 0.3) is 0 Å². The summed E-state index contributed by atoms with van der Waals surface area (Å²) >= 11 is 1.12. The van der Waals surface area contributed by atoms with Crippen molar-refractivity contribution < 1.29 is 58.6 Å². The van der Waals surface area contributed by atoms with Crippen molar-refractivity contribution in [2.75, 3.05) is 0 Å². The zero-order valence-corrected chi connectivity index (χ0v) is 18.1. The van der Waals surface area contributed by atoms with Gasteiger partial charge < -0.3 is 0 Å². The number of hydrogen-bond donors (Lipinski definition) is 0. The number of rotatable bonds is 2. The molecule has 5 heteroatoms. The molecule has 2 nitrogen and oxygen atoms in total. The first-order valence-corrected chi connectivity index (χ1v) is 11.8. The van der Waals surface area contributed by atoms with Crippen molar-refractivity contribution >= 4 is 22.1 Å². The zero-order chi connectivity index (χ0) is 8.27. The minimum absolute atomic E-state index is 0.111. The van der Waals surface area contributed by atoms with E-state index in [2.05, 4.69) is 12.1 Å². The molecule has 1 heterocycles. The summed E-state index contributed by atoms with van der Waals surface area (Å²) in [6.07, 6.45) is 0. The molecule has 0 aliphatic carbocycles. The molecule has 0 unspecified atom stereocenters. The Hall–Kier alpha value is 1.04. The SMILES string of the molecule is CC(=O)[O][Hg][c]1cc[c]([Hg])s1. The summed E-state index contributed by atoms with van der Waals surface area (Å²) in [4.78, 5) is 10.5. The van der Waals surface area contributed by atoms with Gasteiger partial charge >= 0.3 is 99.7 Å². The fourth-order valence-corrected chi connectivity index (χ4v) is 18.8. The topological polar surface area (TPSA) is 26.3 Å². The van der Waals surface area contributed by atoms with Crippen LogP contribution in [0, 0.1) is 0 Å². The van der Waals surface area contributed by atoms with E-state index in [4.69, 9.17) is 2.64 Å². The molecule has 0 aromatic carbocycles. The van der Waals surface area contributed by atoms with E-state index in [1.807, 2.05) is 11.3 Å². The molecule has 1 aromatic heterocycles. The predicted molar refractivity (Wildman–Crippen MR) is 35.4 cm³/mol. The van der Waals surface area contributed by atoms with E-state index < -0.39 is 25.0 Å². The summed E-state index contributed by atoms with van der Waals surface area (Å²) in [5.74, 6) is -0.111. The Balaban J connectivity index is 2.45. The van der Waals surface area contributed by atoms with Gasteiger partial charge in [-0.3, -0.25) is 0 Å². The van der Waals surface area contributed by atoms with Gasteiger partial charge in [0, 0.05) is 0 Å². The van der Waals surface area contributed by atoms with E-state index in [0.29, 0.717) is 0 Å². The van der Waals surface area contributed by atoms with Crippen LogP contribution in [0.1, 0.15) is 6.92 Å². The van der Waals surface area contributed by atoms with Crippen molar-refractivity contribution in [2.24, 2.45) is 0 Å². The normalized spacial score (nSPS) is 9.00. The van der Waals surface area contributed by atoms with E-state index >= 15 is 0 Å². The monoisotopic (exact) mass is 545 g/mol. The van der Waals surface area contributed by atoms with Crippen LogP contribution in [0.15, 0.2) is 12.1 Å². The summed E-state index contributed by atoms with van der Waals surface area (Å²) in [6.45, 7) is 1.48. The van der Waals surface area contributed by atoms with Crippen LogP contribution in [-0.2, 0) is 58.6 Å². The number of hydrogen-bond acceptors (Lipinski definition) is 3. The maximum atomic E-state index is 10.5. The van der Waals surface area contributed by atoms with Gasteiger partial charge in [0.05, 0.1) is 0 Å². The predicted octanol–water partition coefficient (Wildman–Crippen LogP) is 0.106. The third-order valence-electron chi connectivity index (χ3n) is 1.13. The molecule has 0 aliphatic heterocycles. The fourth-order valence-electron chi connectivity index (χ4n) is 0.673. The van der Waals surface area contributed by atoms with Gasteiger partial charge in [0.2, 0.25) is 0 Å². The second-order valence-electron chi connectivity index (χ2n) is 2.15. The molecule has 0 saturated heterocycles. The molecule has 0 aliphatic rings. The summed E-state index contributed by atoms with van der Waals surface area (Å²) < 4.78 is 7.92. The average Bonchev–Trinajstić information content (AvgIpc) is 2.31. The Morgan fingerprint density at radius 2 is 2.45 bits per heavy atom. The molecule has 1 aromatic rings. The van der Waals surface area contributed by atoms with E-state index in [1.165, 1.54) is 11.7 Å². The molecular weight excluding hydrogens is 537 g/mol. The molecular formula is C6H5Hg2O2S. The van der Waals surface area contributed by atoms with Crippen molar-refractivity contribution in [3.63, 3.8) is 0 Å². The first-order chi connectivity index (χ1) is 5.18. The molecule has 51 valence electrons. The molecule has 0 saturated carbocycles. The Morgan fingerprint density at radius 3 is 2.91 bits per heavy atom. The Morgan fingerprint density at radius 1 is 1.73 bits per heavy atom. The Labute approximate surface area is 98.4 Å². The molecule has 0 N–H and O–H groups in total. The van der Waals surface area contributed by atoms with Crippen LogP contribution in [-0.4, -0.2) is 5.97 Å². The maximum absolute atomic E-state index is 10.5. The summed E-state index contributed by atoms with van der Waals surface area (Å²) in [5, 5.41) is 0. The molecule has 0 fully saturated rings. The van der Waals surface area contributed by atoms with Crippen LogP contribution >= 0.6 is 11.3 Å². The quantitative estimate of drug-likeness (QED) is 0.497. The molecule has 0 bridgehead atoms. The van der Waals surface area contributed by atoms with Crippen molar-refractivity contribution in [1.29, 1.82) is 0 Å². The molecule has 1 rings (SSSR count). The van der Waals surface area contributed by atoms with Gasteiger partial charge in [0.1, 0.15) is 0 Å². The van der Waals surface area contributed by atoms with Crippen molar-refractivity contribution in [3.8, 4) is 0 Å². The standard InChI is InChI=1S/C4H2S.C2H4O2.2Hg/c1-2-4-5-3-1;1-2(3)4;;/h1-2H;1H3,(H,3,4);;/q;;;+1/p-1. The van der Waals surface area contributed by atoms with Crippen molar-refractivity contribution in [3.05, 3.63) is 12.1 Å². The first kappa shape index (κ1) is 10.1. The minimum atomic E-state index is -1.45. The van der Waals surface area contributed by atoms with Gasteiger partial charge in [-0.25, -0.2) is 0 Å². The van der Waals surface area contributed by atoms with E-state index in [-0.39, 0.29) is 5.97 Å². The van der Waals surface area contributed by atoms with E-state index in [1.54, 1.807) is 0 Å². The fraction of sp³-hybridized carbons (Fsp3) is 0.167. The summed E-state index contributed by atoms with van der Waals surface area (Å²) in [5.41, 5.74) is 0. The Kier molecular flexibility index (Phi) is 4.53. The molecule has 0 spiro atoms. The average molecular weight is 542 g/mol.